The molecule has 0 aromatic heterocycles. The fraction of sp³-hybridized carbons (Fsp3) is 0.455. The van der Waals surface area contributed by atoms with E-state index in [0.29, 0.717) is 19.9 Å². The summed E-state index contributed by atoms with van der Waals surface area (Å²) in [6.07, 6.45) is 0. The van der Waals surface area contributed by atoms with Gasteiger partial charge in [0.25, 0.3) is 0 Å². The molecule has 1 aromatic rings. The maximum absolute atomic E-state index is 6.17. The summed E-state index contributed by atoms with van der Waals surface area (Å²) in [6, 6.07) is 3.74. The first-order chi connectivity index (χ1) is 7.24. The van der Waals surface area contributed by atoms with Gasteiger partial charge in [0, 0.05) is 10.6 Å². The molecule has 0 radical (unpaired) electrons. The molecule has 0 saturated heterocycles. The van der Waals surface area contributed by atoms with E-state index in [1.54, 1.807) is 0 Å². The van der Waals surface area contributed by atoms with Gasteiger partial charge in [0.15, 0.2) is 6.79 Å². The number of hydrogen-bond acceptors (Lipinski definition) is 3. The van der Waals surface area contributed by atoms with Crippen LogP contribution in [0.25, 0.3) is 0 Å². The molecule has 0 aliphatic carbocycles. The van der Waals surface area contributed by atoms with Crippen LogP contribution < -0.4 is 10.5 Å². The number of hydrogen-bond donors (Lipinski definition) is 1. The van der Waals surface area contributed by atoms with E-state index in [2.05, 4.69) is 6.92 Å². The molecule has 4 heteroatoms. The predicted octanol–water partition coefficient (Wildman–Crippen LogP) is 2.27. The van der Waals surface area contributed by atoms with Gasteiger partial charge in [-0.2, -0.15) is 0 Å². The van der Waals surface area contributed by atoms with Crippen LogP contribution in [0.3, 0.4) is 0 Å². The summed E-state index contributed by atoms with van der Waals surface area (Å²) in [4.78, 5) is 0. The third-order valence-corrected chi connectivity index (χ3v) is 2.98. The Hall–Kier alpha value is -0.770. The van der Waals surface area contributed by atoms with Crippen LogP contribution in [0.4, 0.5) is 0 Å². The molecule has 1 aliphatic heterocycles. The minimum atomic E-state index is 0.220. The van der Waals surface area contributed by atoms with E-state index in [1.165, 1.54) is 0 Å². The Morgan fingerprint density at radius 1 is 1.53 bits per heavy atom. The Balaban J connectivity index is 2.50. The van der Waals surface area contributed by atoms with Crippen LogP contribution >= 0.6 is 11.6 Å². The molecule has 2 N–H and O–H groups in total. The molecule has 1 heterocycles. The van der Waals surface area contributed by atoms with Crippen molar-refractivity contribution in [1.82, 2.24) is 0 Å². The third-order valence-electron chi connectivity index (χ3n) is 2.65. The van der Waals surface area contributed by atoms with Crippen molar-refractivity contribution in [2.24, 2.45) is 5.73 Å². The summed E-state index contributed by atoms with van der Waals surface area (Å²) < 4.78 is 10.7. The molecular weight excluding hydrogens is 214 g/mol. The van der Waals surface area contributed by atoms with E-state index in [1.807, 2.05) is 12.1 Å². The monoisotopic (exact) mass is 227 g/mol. The normalized spacial score (nSPS) is 16.7. The summed E-state index contributed by atoms with van der Waals surface area (Å²) in [5, 5.41) is 0.737. The van der Waals surface area contributed by atoms with Gasteiger partial charge in [-0.25, -0.2) is 0 Å². The SMILES string of the molecule is CC(CN)c1c(Cl)ccc2c1COCO2. The highest BCUT2D eigenvalue weighted by Gasteiger charge is 2.20. The average molecular weight is 228 g/mol. The molecule has 1 atom stereocenters. The van der Waals surface area contributed by atoms with Crippen LogP contribution in [0.5, 0.6) is 5.75 Å². The topological polar surface area (TPSA) is 44.5 Å². The van der Waals surface area contributed by atoms with Crippen molar-refractivity contribution >= 4 is 11.6 Å². The largest absolute Gasteiger partial charge is 0.467 e. The van der Waals surface area contributed by atoms with Gasteiger partial charge in [0.05, 0.1) is 6.61 Å². The molecular formula is C11H14ClNO2. The Morgan fingerprint density at radius 2 is 2.33 bits per heavy atom. The van der Waals surface area contributed by atoms with Crippen molar-refractivity contribution in [1.29, 1.82) is 0 Å². The summed E-state index contributed by atoms with van der Waals surface area (Å²) in [5.74, 6) is 1.08. The second-order valence-corrected chi connectivity index (χ2v) is 4.09. The van der Waals surface area contributed by atoms with Crippen LogP contribution in [-0.2, 0) is 11.3 Å². The van der Waals surface area contributed by atoms with E-state index in [0.717, 1.165) is 21.9 Å². The number of ether oxygens (including phenoxy) is 2. The summed E-state index contributed by atoms with van der Waals surface area (Å²) in [7, 11) is 0. The molecule has 1 unspecified atom stereocenters. The van der Waals surface area contributed by atoms with Crippen molar-refractivity contribution in [3.05, 3.63) is 28.3 Å². The Morgan fingerprint density at radius 3 is 3.07 bits per heavy atom. The summed E-state index contributed by atoms with van der Waals surface area (Å²) >= 11 is 6.17. The fourth-order valence-electron chi connectivity index (χ4n) is 1.80. The van der Waals surface area contributed by atoms with Gasteiger partial charge < -0.3 is 15.2 Å². The first-order valence-electron chi connectivity index (χ1n) is 4.96. The van der Waals surface area contributed by atoms with E-state index in [-0.39, 0.29) is 5.92 Å². The van der Waals surface area contributed by atoms with Crippen molar-refractivity contribution < 1.29 is 9.47 Å². The molecule has 0 amide bonds. The standard InChI is InChI=1S/C11H14ClNO2/c1-7(4-13)11-8-5-14-6-15-10(8)3-2-9(11)12/h2-3,7H,4-6,13H2,1H3. The van der Waals surface area contributed by atoms with E-state index in [4.69, 9.17) is 26.8 Å². The summed E-state index contributed by atoms with van der Waals surface area (Å²) in [6.45, 7) is 3.48. The number of benzene rings is 1. The Labute approximate surface area is 94.1 Å². The number of halogens is 1. The minimum Gasteiger partial charge on any atom is -0.467 e. The highest BCUT2D eigenvalue weighted by Crippen LogP contribution is 2.35. The molecule has 0 saturated carbocycles. The second kappa shape index (κ2) is 4.39. The van der Waals surface area contributed by atoms with Gasteiger partial charge >= 0.3 is 0 Å². The van der Waals surface area contributed by atoms with Gasteiger partial charge in [0.2, 0.25) is 0 Å². The number of nitrogens with two attached hydrogens (primary N) is 1. The number of rotatable bonds is 2. The smallest absolute Gasteiger partial charge is 0.189 e. The third kappa shape index (κ3) is 1.95. The van der Waals surface area contributed by atoms with E-state index in [9.17, 15) is 0 Å². The highest BCUT2D eigenvalue weighted by atomic mass is 35.5. The highest BCUT2D eigenvalue weighted by molar-refractivity contribution is 6.31. The molecule has 0 bridgehead atoms. The van der Waals surface area contributed by atoms with Crippen LogP contribution in [0, 0.1) is 0 Å². The van der Waals surface area contributed by atoms with Crippen molar-refractivity contribution in [2.75, 3.05) is 13.3 Å². The van der Waals surface area contributed by atoms with Crippen molar-refractivity contribution in [3.63, 3.8) is 0 Å². The first-order valence-corrected chi connectivity index (χ1v) is 5.33. The zero-order valence-corrected chi connectivity index (χ0v) is 9.38. The van der Waals surface area contributed by atoms with Gasteiger partial charge in [-0.05, 0) is 30.2 Å². The second-order valence-electron chi connectivity index (χ2n) is 3.69. The van der Waals surface area contributed by atoms with Crippen molar-refractivity contribution in [2.45, 2.75) is 19.4 Å². The number of fused-ring (bicyclic) bond motifs is 1. The molecule has 0 fully saturated rings. The fourth-order valence-corrected chi connectivity index (χ4v) is 2.16. The lowest BCUT2D eigenvalue weighted by Crippen LogP contribution is -2.17. The quantitative estimate of drug-likeness (QED) is 0.843. The summed E-state index contributed by atoms with van der Waals surface area (Å²) in [5.41, 5.74) is 7.75. The van der Waals surface area contributed by atoms with Crippen LogP contribution in [0.2, 0.25) is 5.02 Å². The molecule has 82 valence electrons. The zero-order chi connectivity index (χ0) is 10.8. The van der Waals surface area contributed by atoms with E-state index < -0.39 is 0 Å². The molecule has 1 aliphatic rings. The molecule has 3 nitrogen and oxygen atoms in total. The van der Waals surface area contributed by atoms with Gasteiger partial charge in [0.1, 0.15) is 5.75 Å². The van der Waals surface area contributed by atoms with Crippen LogP contribution in [0.1, 0.15) is 24.0 Å². The maximum Gasteiger partial charge on any atom is 0.189 e. The average Bonchev–Trinajstić information content (AvgIpc) is 2.28. The molecule has 1 aromatic carbocycles. The van der Waals surface area contributed by atoms with E-state index >= 15 is 0 Å². The lowest BCUT2D eigenvalue weighted by Gasteiger charge is -2.23. The Kier molecular flexibility index (Phi) is 3.14. The lowest BCUT2D eigenvalue weighted by molar-refractivity contribution is -0.0169. The first kappa shape index (κ1) is 10.7. The van der Waals surface area contributed by atoms with Crippen LogP contribution in [0.15, 0.2) is 12.1 Å². The van der Waals surface area contributed by atoms with Crippen LogP contribution in [-0.4, -0.2) is 13.3 Å². The maximum atomic E-state index is 6.17. The van der Waals surface area contributed by atoms with Gasteiger partial charge in [-0.15, -0.1) is 0 Å². The van der Waals surface area contributed by atoms with Gasteiger partial charge in [-0.3, -0.25) is 0 Å². The minimum absolute atomic E-state index is 0.220. The van der Waals surface area contributed by atoms with Gasteiger partial charge in [-0.1, -0.05) is 18.5 Å². The molecule has 15 heavy (non-hydrogen) atoms. The predicted molar refractivity (Wildman–Crippen MR) is 59.2 cm³/mol. The lowest BCUT2D eigenvalue weighted by atomic mass is 9.95. The molecule has 0 spiro atoms. The zero-order valence-electron chi connectivity index (χ0n) is 8.63. The Bertz CT molecular complexity index is 368. The van der Waals surface area contributed by atoms with Crippen molar-refractivity contribution in [3.8, 4) is 5.75 Å². The molecule has 2 rings (SSSR count).